The molecule has 3 saturated carbocycles. The van der Waals surface area contributed by atoms with Crippen LogP contribution in [0, 0.1) is 40.4 Å². The number of hydrogen-bond donors (Lipinski definition) is 2. The number of hydrogen-bond acceptors (Lipinski definition) is 3. The van der Waals surface area contributed by atoms with E-state index in [2.05, 4.69) is 46.0 Å². The zero-order valence-corrected chi connectivity index (χ0v) is 22.4. The number of aliphatic hydroxyl groups excluding tert-OH is 1. The van der Waals surface area contributed by atoms with Crippen molar-refractivity contribution in [3.05, 3.63) is 23.0 Å². The smallest absolute Gasteiger partial charge is 0.216 e. The summed E-state index contributed by atoms with van der Waals surface area (Å²) in [6.45, 7) is 14.4. The molecule has 0 aromatic carbocycles. The first-order valence-corrected chi connectivity index (χ1v) is 14.0. The van der Waals surface area contributed by atoms with Gasteiger partial charge in [0, 0.05) is 25.8 Å². The van der Waals surface area contributed by atoms with E-state index in [0.717, 1.165) is 56.4 Å². The number of carbonyl (C=O) groups excluding carboxylic acids is 1. The van der Waals surface area contributed by atoms with Crippen molar-refractivity contribution in [1.29, 1.82) is 0 Å². The second kappa shape index (κ2) is 8.39. The first kappa shape index (κ1) is 24.4. The van der Waals surface area contributed by atoms with Gasteiger partial charge in [-0.3, -0.25) is 4.79 Å². The SMILES string of the molecule is CC(=O)NC[C@@H](C)CCC1=C(C)[C@@H]2[C@@]3(C)CC[C@H]4[C@@H](CC=C5C[C@@H](O)CC[C@@]54C)[C@@H]3C[C@@]2(C)O1. The lowest BCUT2D eigenvalue weighted by Crippen LogP contribution is -2.50. The first-order chi connectivity index (χ1) is 16.0. The summed E-state index contributed by atoms with van der Waals surface area (Å²) < 4.78 is 6.89. The molecule has 4 aliphatic carbocycles. The maximum absolute atomic E-state index is 11.3. The molecule has 1 aliphatic heterocycles. The maximum Gasteiger partial charge on any atom is 0.216 e. The van der Waals surface area contributed by atoms with Gasteiger partial charge < -0.3 is 15.2 Å². The lowest BCUT2D eigenvalue weighted by molar-refractivity contribution is -0.119. The molecule has 5 aliphatic rings. The molecule has 1 heterocycles. The van der Waals surface area contributed by atoms with Gasteiger partial charge in [-0.2, -0.15) is 0 Å². The molecule has 1 amide bonds. The molecule has 0 unspecified atom stereocenters. The van der Waals surface area contributed by atoms with Crippen molar-refractivity contribution in [1.82, 2.24) is 5.32 Å². The van der Waals surface area contributed by atoms with E-state index < -0.39 is 0 Å². The van der Waals surface area contributed by atoms with E-state index >= 15 is 0 Å². The van der Waals surface area contributed by atoms with Crippen LogP contribution in [0.15, 0.2) is 23.0 Å². The molecular weight excluding hydrogens is 422 g/mol. The molecule has 4 heteroatoms. The Hall–Kier alpha value is -1.29. The summed E-state index contributed by atoms with van der Waals surface area (Å²) in [5.74, 6) is 4.51. The van der Waals surface area contributed by atoms with Gasteiger partial charge in [-0.05, 0) is 105 Å². The maximum atomic E-state index is 11.3. The Kier molecular flexibility index (Phi) is 6.02. The van der Waals surface area contributed by atoms with Gasteiger partial charge in [0.25, 0.3) is 0 Å². The minimum Gasteiger partial charge on any atom is -0.491 e. The summed E-state index contributed by atoms with van der Waals surface area (Å²) in [4.78, 5) is 11.3. The number of nitrogens with one attached hydrogen (secondary N) is 1. The molecule has 0 aromatic rings. The molecule has 0 radical (unpaired) electrons. The average Bonchev–Trinajstić information content (AvgIpc) is 3.17. The third-order valence-corrected chi connectivity index (χ3v) is 11.2. The molecule has 5 rings (SSSR count). The second-order valence-electron chi connectivity index (χ2n) is 13.4. The normalized spacial score (nSPS) is 46.0. The van der Waals surface area contributed by atoms with E-state index in [9.17, 15) is 9.90 Å². The van der Waals surface area contributed by atoms with E-state index in [1.807, 2.05) is 0 Å². The van der Waals surface area contributed by atoms with Crippen molar-refractivity contribution < 1.29 is 14.6 Å². The fraction of sp³-hybridized carbons (Fsp3) is 0.833. The van der Waals surface area contributed by atoms with Gasteiger partial charge in [-0.25, -0.2) is 0 Å². The van der Waals surface area contributed by atoms with E-state index in [1.165, 1.54) is 37.0 Å². The first-order valence-electron chi connectivity index (χ1n) is 14.0. The van der Waals surface area contributed by atoms with Crippen LogP contribution in [-0.4, -0.2) is 29.3 Å². The van der Waals surface area contributed by atoms with Crippen LogP contribution in [0.5, 0.6) is 0 Å². The van der Waals surface area contributed by atoms with Gasteiger partial charge in [-0.15, -0.1) is 0 Å². The van der Waals surface area contributed by atoms with Crippen molar-refractivity contribution in [2.45, 2.75) is 111 Å². The number of rotatable bonds is 5. The quantitative estimate of drug-likeness (QED) is 0.475. The summed E-state index contributed by atoms with van der Waals surface area (Å²) in [6, 6.07) is 0. The predicted octanol–water partition coefficient (Wildman–Crippen LogP) is 6.15. The monoisotopic (exact) mass is 469 g/mol. The average molecular weight is 470 g/mol. The Morgan fingerprint density at radius 2 is 2.00 bits per heavy atom. The summed E-state index contributed by atoms with van der Waals surface area (Å²) in [6.07, 6.45) is 12.5. The summed E-state index contributed by atoms with van der Waals surface area (Å²) >= 11 is 0. The van der Waals surface area contributed by atoms with Crippen molar-refractivity contribution in [3.63, 3.8) is 0 Å². The topological polar surface area (TPSA) is 58.6 Å². The highest BCUT2D eigenvalue weighted by Crippen LogP contribution is 2.71. The highest BCUT2D eigenvalue weighted by atomic mass is 16.5. The van der Waals surface area contributed by atoms with Crippen LogP contribution in [0.3, 0.4) is 0 Å². The number of carbonyl (C=O) groups is 1. The zero-order chi connectivity index (χ0) is 24.5. The molecule has 4 nitrogen and oxygen atoms in total. The van der Waals surface area contributed by atoms with Gasteiger partial charge >= 0.3 is 0 Å². The highest BCUT2D eigenvalue weighted by Gasteiger charge is 2.67. The Balaban J connectivity index is 1.34. The molecule has 190 valence electrons. The Labute approximate surface area is 207 Å². The van der Waals surface area contributed by atoms with Gasteiger partial charge in [0.2, 0.25) is 5.91 Å². The molecule has 2 N–H and O–H groups in total. The summed E-state index contributed by atoms with van der Waals surface area (Å²) in [5, 5.41) is 13.3. The molecule has 34 heavy (non-hydrogen) atoms. The van der Waals surface area contributed by atoms with Crippen LogP contribution >= 0.6 is 0 Å². The number of aliphatic hydroxyl groups is 1. The minimum atomic E-state index is -0.130. The second-order valence-corrected chi connectivity index (χ2v) is 13.4. The standard InChI is InChI=1S/C30H47NO3/c1-18(17-31-20(3)32)7-10-26-19(2)27-29(5)14-12-24-23(25(29)16-30(27,6)34-26)9-8-21-15-22(33)11-13-28(21,24)4/h8,18,22-25,27,33H,7,9-17H2,1-6H3,(H,31,32)/t18-,22-,23+,24-,25-,27+,28-,29-,30+/m0/s1. The molecule has 3 fully saturated rings. The van der Waals surface area contributed by atoms with E-state index in [0.29, 0.717) is 22.7 Å². The Morgan fingerprint density at radius 3 is 2.74 bits per heavy atom. The van der Waals surface area contributed by atoms with Gasteiger partial charge in [-0.1, -0.05) is 32.4 Å². The van der Waals surface area contributed by atoms with Crippen LogP contribution < -0.4 is 5.32 Å². The van der Waals surface area contributed by atoms with Gasteiger partial charge in [0.1, 0.15) is 5.60 Å². The van der Waals surface area contributed by atoms with Crippen molar-refractivity contribution in [3.8, 4) is 0 Å². The van der Waals surface area contributed by atoms with Crippen molar-refractivity contribution in [2.75, 3.05) is 6.54 Å². The fourth-order valence-electron chi connectivity index (χ4n) is 9.61. The fourth-order valence-corrected chi connectivity index (χ4v) is 9.61. The molecule has 0 bridgehead atoms. The van der Waals surface area contributed by atoms with Crippen LogP contribution in [0.1, 0.15) is 99.3 Å². The van der Waals surface area contributed by atoms with Crippen LogP contribution in [0.2, 0.25) is 0 Å². The van der Waals surface area contributed by atoms with E-state index in [-0.39, 0.29) is 17.6 Å². The summed E-state index contributed by atoms with van der Waals surface area (Å²) in [5.41, 5.74) is 3.62. The van der Waals surface area contributed by atoms with E-state index in [1.54, 1.807) is 12.5 Å². The van der Waals surface area contributed by atoms with Crippen molar-refractivity contribution in [2.24, 2.45) is 40.4 Å². The van der Waals surface area contributed by atoms with Gasteiger partial charge in [0.15, 0.2) is 0 Å². The van der Waals surface area contributed by atoms with Crippen LogP contribution in [0.25, 0.3) is 0 Å². The Bertz CT molecular complexity index is 907. The lowest BCUT2D eigenvalue weighted by Gasteiger charge is -2.57. The predicted molar refractivity (Wildman–Crippen MR) is 136 cm³/mol. The molecule has 9 atom stereocenters. The molecule has 0 saturated heterocycles. The number of allylic oxidation sites excluding steroid dienone is 2. The van der Waals surface area contributed by atoms with Crippen LogP contribution in [0.4, 0.5) is 0 Å². The third-order valence-electron chi connectivity index (χ3n) is 11.2. The molecular formula is C30H47NO3. The number of amides is 1. The highest BCUT2D eigenvalue weighted by molar-refractivity contribution is 5.72. The third kappa shape index (κ3) is 3.69. The van der Waals surface area contributed by atoms with Gasteiger partial charge in [0.05, 0.1) is 11.9 Å². The minimum absolute atomic E-state index is 0.0546. The van der Waals surface area contributed by atoms with Crippen molar-refractivity contribution >= 4 is 5.91 Å². The molecule has 0 spiro atoms. The zero-order valence-electron chi connectivity index (χ0n) is 22.4. The summed E-state index contributed by atoms with van der Waals surface area (Å²) in [7, 11) is 0. The largest absolute Gasteiger partial charge is 0.491 e. The lowest BCUT2D eigenvalue weighted by atomic mass is 9.47. The number of fused-ring (bicyclic) bond motifs is 7. The number of ether oxygens (including phenoxy) is 1. The Morgan fingerprint density at radius 1 is 1.24 bits per heavy atom. The van der Waals surface area contributed by atoms with E-state index in [4.69, 9.17) is 4.74 Å². The van der Waals surface area contributed by atoms with Crippen LogP contribution in [-0.2, 0) is 9.53 Å². The molecule has 0 aromatic heterocycles.